The lowest BCUT2D eigenvalue weighted by atomic mass is 9.89. The fourth-order valence-electron chi connectivity index (χ4n) is 2.66. The first-order valence-corrected chi connectivity index (χ1v) is 7.07. The molecule has 22 heavy (non-hydrogen) atoms. The summed E-state index contributed by atoms with van der Waals surface area (Å²) >= 11 is 0. The topological polar surface area (TPSA) is 20.2 Å². The first kappa shape index (κ1) is 14.7. The van der Waals surface area contributed by atoms with Gasteiger partial charge in [-0.2, -0.15) is 0 Å². The second-order valence-electron chi connectivity index (χ2n) is 5.96. The molecule has 0 aromatic heterocycles. The van der Waals surface area contributed by atoms with Gasteiger partial charge in [0.2, 0.25) is 0 Å². The third kappa shape index (κ3) is 2.72. The Bertz CT molecular complexity index is 848. The van der Waals surface area contributed by atoms with Crippen LogP contribution in [0, 0.1) is 11.6 Å². The van der Waals surface area contributed by atoms with Crippen molar-refractivity contribution < 1.29 is 13.9 Å². The maximum Gasteiger partial charge on any atom is 0.123 e. The average Bonchev–Trinajstić information content (AvgIpc) is 2.46. The van der Waals surface area contributed by atoms with Crippen LogP contribution in [0.5, 0.6) is 0 Å². The normalized spacial score (nSPS) is 11.9. The van der Waals surface area contributed by atoms with Gasteiger partial charge in [-0.1, -0.05) is 24.3 Å². The largest absolute Gasteiger partial charge is 0.386 e. The summed E-state index contributed by atoms with van der Waals surface area (Å²) in [5, 5.41) is 12.0. The Labute approximate surface area is 127 Å². The van der Waals surface area contributed by atoms with Gasteiger partial charge < -0.3 is 5.11 Å². The summed E-state index contributed by atoms with van der Waals surface area (Å²) in [6, 6.07) is 14.6. The van der Waals surface area contributed by atoms with Gasteiger partial charge >= 0.3 is 0 Å². The second-order valence-corrected chi connectivity index (χ2v) is 5.96. The Balaban J connectivity index is 2.21. The molecule has 0 spiro atoms. The van der Waals surface area contributed by atoms with Crippen molar-refractivity contribution in [2.75, 3.05) is 0 Å². The van der Waals surface area contributed by atoms with Crippen LogP contribution in [0.4, 0.5) is 8.78 Å². The number of hydrogen-bond acceptors (Lipinski definition) is 1. The number of halogens is 2. The molecular formula is C19H16F2O. The molecule has 0 amide bonds. The quantitative estimate of drug-likeness (QED) is 0.705. The zero-order chi connectivity index (χ0) is 15.9. The molecule has 0 aliphatic rings. The zero-order valence-corrected chi connectivity index (χ0v) is 12.4. The van der Waals surface area contributed by atoms with E-state index < -0.39 is 5.60 Å². The predicted octanol–water partition coefficient (Wildman–Crippen LogP) is 5.01. The molecule has 0 heterocycles. The highest BCUT2D eigenvalue weighted by Crippen LogP contribution is 2.33. The van der Waals surface area contributed by atoms with E-state index in [4.69, 9.17) is 0 Å². The molecule has 0 atom stereocenters. The van der Waals surface area contributed by atoms with Crippen LogP contribution in [0.3, 0.4) is 0 Å². The number of hydrogen-bond donors (Lipinski definition) is 1. The molecule has 0 fully saturated rings. The molecule has 1 nitrogen and oxygen atoms in total. The molecule has 0 unspecified atom stereocenters. The molecule has 0 bridgehead atoms. The summed E-state index contributed by atoms with van der Waals surface area (Å²) in [5.41, 5.74) is 0.986. The Kier molecular flexibility index (Phi) is 3.45. The van der Waals surface area contributed by atoms with Crippen LogP contribution in [0.15, 0.2) is 54.6 Å². The van der Waals surface area contributed by atoms with E-state index in [0.717, 1.165) is 21.9 Å². The highest BCUT2D eigenvalue weighted by molar-refractivity contribution is 5.88. The summed E-state index contributed by atoms with van der Waals surface area (Å²) in [4.78, 5) is 0. The Hall–Kier alpha value is -2.26. The monoisotopic (exact) mass is 298 g/mol. The van der Waals surface area contributed by atoms with Crippen molar-refractivity contribution in [1.29, 1.82) is 0 Å². The van der Waals surface area contributed by atoms with Crippen molar-refractivity contribution in [3.05, 3.63) is 71.8 Å². The van der Waals surface area contributed by atoms with Gasteiger partial charge in [0.25, 0.3) is 0 Å². The van der Waals surface area contributed by atoms with Crippen LogP contribution < -0.4 is 0 Å². The van der Waals surface area contributed by atoms with Crippen LogP contribution in [0.2, 0.25) is 0 Å². The van der Waals surface area contributed by atoms with Gasteiger partial charge in [-0.15, -0.1) is 0 Å². The van der Waals surface area contributed by atoms with Crippen molar-refractivity contribution >= 4 is 10.8 Å². The number of aliphatic hydroxyl groups is 1. The number of fused-ring (bicyclic) bond motifs is 1. The van der Waals surface area contributed by atoms with Gasteiger partial charge in [-0.25, -0.2) is 8.78 Å². The predicted molar refractivity (Wildman–Crippen MR) is 84.5 cm³/mol. The zero-order valence-electron chi connectivity index (χ0n) is 12.4. The van der Waals surface area contributed by atoms with E-state index in [1.807, 2.05) is 18.2 Å². The van der Waals surface area contributed by atoms with Crippen molar-refractivity contribution in [3.8, 4) is 11.1 Å². The summed E-state index contributed by atoms with van der Waals surface area (Å²) in [7, 11) is 0. The van der Waals surface area contributed by atoms with E-state index in [1.165, 1.54) is 24.3 Å². The standard InChI is InChI=1S/C19H16F2O/c1-19(2,22)18-11-16(21)7-8-17(18)14-4-3-13-10-15(20)6-5-12(13)9-14/h3-11,22H,1-2H3. The van der Waals surface area contributed by atoms with Crippen molar-refractivity contribution in [2.24, 2.45) is 0 Å². The summed E-state index contributed by atoms with van der Waals surface area (Å²) < 4.78 is 26.8. The van der Waals surface area contributed by atoms with Crippen LogP contribution in [-0.4, -0.2) is 5.11 Å². The molecule has 0 aliphatic carbocycles. The van der Waals surface area contributed by atoms with E-state index in [1.54, 1.807) is 26.0 Å². The van der Waals surface area contributed by atoms with Crippen LogP contribution >= 0.6 is 0 Å². The van der Waals surface area contributed by atoms with Gasteiger partial charge in [-0.3, -0.25) is 0 Å². The molecule has 112 valence electrons. The first-order valence-electron chi connectivity index (χ1n) is 7.07. The summed E-state index contributed by atoms with van der Waals surface area (Å²) in [6.07, 6.45) is 0. The lowest BCUT2D eigenvalue weighted by molar-refractivity contribution is 0.0788. The van der Waals surface area contributed by atoms with E-state index in [-0.39, 0.29) is 11.6 Å². The maximum atomic E-state index is 13.5. The molecule has 3 aromatic rings. The molecule has 3 heteroatoms. The molecule has 1 N–H and O–H groups in total. The third-order valence-corrected chi connectivity index (χ3v) is 3.75. The third-order valence-electron chi connectivity index (χ3n) is 3.75. The molecular weight excluding hydrogens is 282 g/mol. The molecule has 0 saturated heterocycles. The minimum Gasteiger partial charge on any atom is -0.386 e. The maximum absolute atomic E-state index is 13.5. The van der Waals surface area contributed by atoms with Crippen LogP contribution in [0.25, 0.3) is 21.9 Å². The minimum atomic E-state index is -1.16. The highest BCUT2D eigenvalue weighted by Gasteiger charge is 2.21. The van der Waals surface area contributed by atoms with Crippen molar-refractivity contribution in [2.45, 2.75) is 19.4 Å². The van der Waals surface area contributed by atoms with E-state index in [9.17, 15) is 13.9 Å². The molecule has 3 aromatic carbocycles. The summed E-state index contributed by atoms with van der Waals surface area (Å²) in [5.74, 6) is -0.664. The Morgan fingerprint density at radius 2 is 1.36 bits per heavy atom. The van der Waals surface area contributed by atoms with Gasteiger partial charge in [0.1, 0.15) is 11.6 Å². The van der Waals surface area contributed by atoms with E-state index >= 15 is 0 Å². The number of benzene rings is 3. The van der Waals surface area contributed by atoms with Gasteiger partial charge in [-0.05, 0) is 71.6 Å². The average molecular weight is 298 g/mol. The van der Waals surface area contributed by atoms with Crippen molar-refractivity contribution in [1.82, 2.24) is 0 Å². The minimum absolute atomic E-state index is 0.279. The SMILES string of the molecule is CC(C)(O)c1cc(F)ccc1-c1ccc2cc(F)ccc2c1. The van der Waals surface area contributed by atoms with Crippen LogP contribution in [-0.2, 0) is 5.60 Å². The fourth-order valence-corrected chi connectivity index (χ4v) is 2.66. The summed E-state index contributed by atoms with van der Waals surface area (Å²) in [6.45, 7) is 3.25. The van der Waals surface area contributed by atoms with E-state index in [2.05, 4.69) is 0 Å². The van der Waals surface area contributed by atoms with E-state index in [0.29, 0.717) is 5.56 Å². The molecule has 0 saturated carbocycles. The molecule has 0 radical (unpaired) electrons. The first-order chi connectivity index (χ1) is 10.3. The van der Waals surface area contributed by atoms with Gasteiger partial charge in [0.05, 0.1) is 5.60 Å². The lowest BCUT2D eigenvalue weighted by Gasteiger charge is -2.22. The fraction of sp³-hybridized carbons (Fsp3) is 0.158. The smallest absolute Gasteiger partial charge is 0.123 e. The van der Waals surface area contributed by atoms with Gasteiger partial charge in [0.15, 0.2) is 0 Å². The van der Waals surface area contributed by atoms with Crippen LogP contribution in [0.1, 0.15) is 19.4 Å². The number of rotatable bonds is 2. The highest BCUT2D eigenvalue weighted by atomic mass is 19.1. The second kappa shape index (κ2) is 5.18. The van der Waals surface area contributed by atoms with Gasteiger partial charge in [0, 0.05) is 0 Å². The Morgan fingerprint density at radius 1 is 0.773 bits per heavy atom. The Morgan fingerprint density at radius 3 is 2.09 bits per heavy atom. The lowest BCUT2D eigenvalue weighted by Crippen LogP contribution is -2.17. The molecule has 0 aliphatic heterocycles. The van der Waals surface area contributed by atoms with Crippen molar-refractivity contribution in [3.63, 3.8) is 0 Å². The molecule has 3 rings (SSSR count).